The van der Waals surface area contributed by atoms with Gasteiger partial charge in [0.05, 0.1) is 9.50 Å². The molecular formula is C14H11BrClF2NO2. The van der Waals surface area contributed by atoms with Gasteiger partial charge in [-0.1, -0.05) is 23.7 Å². The predicted octanol–water partition coefficient (Wildman–Crippen LogP) is 5.02. The Balaban J connectivity index is 2.07. The Hall–Kier alpha value is -1.53. The molecule has 0 unspecified atom stereocenters. The van der Waals surface area contributed by atoms with Gasteiger partial charge < -0.3 is 15.2 Å². The van der Waals surface area contributed by atoms with Crippen LogP contribution in [-0.2, 0) is 6.54 Å². The molecule has 2 aromatic carbocycles. The molecule has 7 heteroatoms. The third-order valence-corrected chi connectivity index (χ3v) is 3.64. The van der Waals surface area contributed by atoms with E-state index in [1.54, 1.807) is 24.3 Å². The topological polar surface area (TPSA) is 41.5 Å². The molecule has 3 nitrogen and oxygen atoms in total. The Morgan fingerprint density at radius 2 is 2.05 bits per heavy atom. The normalized spacial score (nSPS) is 10.7. The summed E-state index contributed by atoms with van der Waals surface area (Å²) in [5.41, 5.74) is 1.31. The van der Waals surface area contributed by atoms with Gasteiger partial charge in [-0.25, -0.2) is 0 Å². The summed E-state index contributed by atoms with van der Waals surface area (Å²) in [7, 11) is 0. The number of phenolic OH excluding ortho intramolecular Hbond substituents is 1. The van der Waals surface area contributed by atoms with E-state index in [9.17, 15) is 13.9 Å². The number of alkyl halides is 2. The summed E-state index contributed by atoms with van der Waals surface area (Å²) in [5, 5.41) is 13.0. The van der Waals surface area contributed by atoms with Crippen molar-refractivity contribution in [3.63, 3.8) is 0 Å². The van der Waals surface area contributed by atoms with E-state index in [0.717, 1.165) is 0 Å². The van der Waals surface area contributed by atoms with Crippen LogP contribution in [0.2, 0.25) is 5.02 Å². The van der Waals surface area contributed by atoms with Crippen LogP contribution in [0.15, 0.2) is 40.9 Å². The van der Waals surface area contributed by atoms with Crippen LogP contribution in [0, 0.1) is 0 Å². The van der Waals surface area contributed by atoms with Crippen molar-refractivity contribution in [3.8, 4) is 11.5 Å². The Bertz CT molecular complexity index is 640. The first-order valence-electron chi connectivity index (χ1n) is 5.92. The molecule has 0 fully saturated rings. The molecule has 0 saturated carbocycles. The van der Waals surface area contributed by atoms with E-state index in [-0.39, 0.29) is 16.5 Å². The van der Waals surface area contributed by atoms with Crippen molar-refractivity contribution in [1.29, 1.82) is 0 Å². The molecule has 0 bridgehead atoms. The van der Waals surface area contributed by atoms with Gasteiger partial charge in [0.1, 0.15) is 11.5 Å². The van der Waals surface area contributed by atoms with Gasteiger partial charge in [-0.2, -0.15) is 8.78 Å². The fourth-order valence-electron chi connectivity index (χ4n) is 1.70. The maximum absolute atomic E-state index is 12.1. The zero-order chi connectivity index (χ0) is 15.4. The highest BCUT2D eigenvalue weighted by molar-refractivity contribution is 9.10. The minimum atomic E-state index is -2.92. The molecule has 0 amide bonds. The SMILES string of the molecule is Oc1c(Br)cccc1CNc1ccc(OC(F)F)c(Cl)c1. The van der Waals surface area contributed by atoms with E-state index < -0.39 is 6.61 Å². The zero-order valence-electron chi connectivity index (χ0n) is 10.6. The van der Waals surface area contributed by atoms with Crippen molar-refractivity contribution in [2.45, 2.75) is 13.2 Å². The van der Waals surface area contributed by atoms with Crippen LogP contribution in [0.3, 0.4) is 0 Å². The molecule has 2 aromatic rings. The Morgan fingerprint density at radius 1 is 1.29 bits per heavy atom. The third-order valence-electron chi connectivity index (χ3n) is 2.70. The molecule has 0 atom stereocenters. The summed E-state index contributed by atoms with van der Waals surface area (Å²) in [4.78, 5) is 0. The fourth-order valence-corrected chi connectivity index (χ4v) is 2.33. The van der Waals surface area contributed by atoms with Gasteiger partial charge in [0.15, 0.2) is 0 Å². The highest BCUT2D eigenvalue weighted by Gasteiger charge is 2.09. The lowest BCUT2D eigenvalue weighted by Crippen LogP contribution is -2.03. The van der Waals surface area contributed by atoms with Crippen LogP contribution in [0.4, 0.5) is 14.5 Å². The van der Waals surface area contributed by atoms with E-state index in [4.69, 9.17) is 11.6 Å². The summed E-state index contributed by atoms with van der Waals surface area (Å²) in [6.07, 6.45) is 0. The van der Waals surface area contributed by atoms with Gasteiger partial charge in [-0.05, 0) is 40.2 Å². The van der Waals surface area contributed by atoms with Gasteiger partial charge >= 0.3 is 6.61 Å². The van der Waals surface area contributed by atoms with Crippen molar-refractivity contribution in [2.24, 2.45) is 0 Å². The Kier molecular flexibility index (Phi) is 5.25. The van der Waals surface area contributed by atoms with Gasteiger partial charge in [-0.3, -0.25) is 0 Å². The molecule has 0 radical (unpaired) electrons. The molecular weight excluding hydrogens is 368 g/mol. The largest absolute Gasteiger partial charge is 0.506 e. The molecule has 0 aliphatic heterocycles. The number of ether oxygens (including phenoxy) is 1. The maximum atomic E-state index is 12.1. The molecule has 21 heavy (non-hydrogen) atoms. The maximum Gasteiger partial charge on any atom is 0.387 e. The highest BCUT2D eigenvalue weighted by atomic mass is 79.9. The number of nitrogens with one attached hydrogen (secondary N) is 1. The standard InChI is InChI=1S/C14H11BrClF2NO2/c15-10-3-1-2-8(13(10)20)7-19-9-4-5-12(11(16)6-9)21-14(17)18/h1-6,14,19-20H,7H2. The molecule has 0 spiro atoms. The van der Waals surface area contributed by atoms with Crippen LogP contribution in [0.1, 0.15) is 5.56 Å². The first kappa shape index (κ1) is 15.9. The second kappa shape index (κ2) is 6.95. The molecule has 0 heterocycles. The number of halogens is 4. The number of hydrogen-bond acceptors (Lipinski definition) is 3. The summed E-state index contributed by atoms with van der Waals surface area (Å²) in [6.45, 7) is -2.56. The van der Waals surface area contributed by atoms with Crippen molar-refractivity contribution >= 4 is 33.2 Å². The average molecular weight is 379 g/mol. The number of anilines is 1. The molecule has 0 aliphatic carbocycles. The number of hydrogen-bond donors (Lipinski definition) is 2. The van der Waals surface area contributed by atoms with E-state index in [1.807, 2.05) is 0 Å². The lowest BCUT2D eigenvalue weighted by Gasteiger charge is -2.11. The Labute approximate surface area is 133 Å². The zero-order valence-corrected chi connectivity index (χ0v) is 13.0. The molecule has 0 aliphatic rings. The molecule has 2 N–H and O–H groups in total. The molecule has 2 rings (SSSR count). The van der Waals surface area contributed by atoms with Crippen molar-refractivity contribution in [2.75, 3.05) is 5.32 Å². The first-order valence-corrected chi connectivity index (χ1v) is 7.09. The summed E-state index contributed by atoms with van der Waals surface area (Å²) in [6, 6.07) is 9.70. The molecule has 112 valence electrons. The second-order valence-electron chi connectivity index (χ2n) is 4.12. The Morgan fingerprint density at radius 3 is 2.71 bits per heavy atom. The van der Waals surface area contributed by atoms with Crippen LogP contribution < -0.4 is 10.1 Å². The third kappa shape index (κ3) is 4.22. The number of benzene rings is 2. The number of phenols is 1. The van der Waals surface area contributed by atoms with Crippen LogP contribution in [0.5, 0.6) is 11.5 Å². The molecule has 0 saturated heterocycles. The summed E-state index contributed by atoms with van der Waals surface area (Å²) >= 11 is 9.09. The van der Waals surface area contributed by atoms with Gasteiger partial charge in [0.2, 0.25) is 0 Å². The first-order chi connectivity index (χ1) is 9.97. The van der Waals surface area contributed by atoms with Gasteiger partial charge in [-0.15, -0.1) is 0 Å². The van der Waals surface area contributed by atoms with Crippen LogP contribution >= 0.6 is 27.5 Å². The van der Waals surface area contributed by atoms with Crippen LogP contribution in [-0.4, -0.2) is 11.7 Å². The lowest BCUT2D eigenvalue weighted by atomic mass is 10.2. The lowest BCUT2D eigenvalue weighted by molar-refractivity contribution is -0.0497. The summed E-state index contributed by atoms with van der Waals surface area (Å²) in [5.74, 6) is 0.0660. The van der Waals surface area contributed by atoms with Crippen LogP contribution in [0.25, 0.3) is 0 Å². The van der Waals surface area contributed by atoms with E-state index in [0.29, 0.717) is 22.3 Å². The number of rotatable bonds is 5. The number of aromatic hydroxyl groups is 1. The smallest absolute Gasteiger partial charge is 0.387 e. The second-order valence-corrected chi connectivity index (χ2v) is 5.39. The minimum absolute atomic E-state index is 0.0810. The minimum Gasteiger partial charge on any atom is -0.506 e. The monoisotopic (exact) mass is 377 g/mol. The van der Waals surface area contributed by atoms with Gasteiger partial charge in [0, 0.05) is 17.8 Å². The van der Waals surface area contributed by atoms with Gasteiger partial charge in [0.25, 0.3) is 0 Å². The fraction of sp³-hybridized carbons (Fsp3) is 0.143. The highest BCUT2D eigenvalue weighted by Crippen LogP contribution is 2.31. The van der Waals surface area contributed by atoms with E-state index >= 15 is 0 Å². The quantitative estimate of drug-likeness (QED) is 0.767. The molecule has 0 aromatic heterocycles. The van der Waals surface area contributed by atoms with E-state index in [2.05, 4.69) is 26.0 Å². The predicted molar refractivity (Wildman–Crippen MR) is 81.2 cm³/mol. The van der Waals surface area contributed by atoms with Crippen molar-refractivity contribution < 1.29 is 18.6 Å². The number of para-hydroxylation sites is 1. The van der Waals surface area contributed by atoms with Crippen molar-refractivity contribution in [3.05, 3.63) is 51.5 Å². The van der Waals surface area contributed by atoms with Crippen molar-refractivity contribution in [1.82, 2.24) is 0 Å². The average Bonchev–Trinajstić information content (AvgIpc) is 2.43. The summed E-state index contributed by atoms with van der Waals surface area (Å²) < 4.78 is 29.1. The van der Waals surface area contributed by atoms with E-state index in [1.165, 1.54) is 12.1 Å².